The average molecular weight is 1210 g/mol. The van der Waals surface area contributed by atoms with Gasteiger partial charge in [-0.15, -0.1) is 0 Å². The van der Waals surface area contributed by atoms with Crippen molar-refractivity contribution in [2.45, 2.75) is 38.6 Å². The molecule has 0 aromatic heterocycles. The van der Waals surface area contributed by atoms with Crippen LogP contribution in [0.15, 0.2) is 237 Å². The van der Waals surface area contributed by atoms with E-state index in [-0.39, 0.29) is 37.1 Å². The molecule has 3 nitrogen and oxygen atoms in total. The van der Waals surface area contributed by atoms with Gasteiger partial charge in [0.2, 0.25) is 0 Å². The van der Waals surface area contributed by atoms with Gasteiger partial charge >= 0.3 is 24.7 Å². The lowest BCUT2D eigenvalue weighted by atomic mass is 9.93. The molecular weight excluding hydrogens is 1160 g/mol. The van der Waals surface area contributed by atoms with Gasteiger partial charge in [0.05, 0.1) is 22.3 Å². The van der Waals surface area contributed by atoms with Crippen LogP contribution in [0.2, 0.25) is 0 Å². The zero-order chi connectivity index (χ0) is 60.2. The van der Waals surface area contributed by atoms with Crippen molar-refractivity contribution >= 4 is 69.2 Å². The number of hydrogen-bond donors (Lipinski definition) is 0. The van der Waals surface area contributed by atoms with E-state index in [9.17, 15) is 52.7 Å². The summed E-state index contributed by atoms with van der Waals surface area (Å²) in [5.41, 5.74) is 0.184. The Labute approximate surface area is 475 Å². The first kappa shape index (κ1) is 59.2. The first-order valence-electron chi connectivity index (χ1n) is 25.7. The molecule has 0 aliphatic carbocycles. The zero-order valence-corrected chi connectivity index (χ0v) is 46.8. The molecule has 0 aliphatic heterocycles. The van der Waals surface area contributed by atoms with Gasteiger partial charge in [-0.2, -0.15) is 52.7 Å². The minimum Gasteiger partial charge on any atom is -0.309 e. The van der Waals surface area contributed by atoms with Crippen molar-refractivity contribution in [3.63, 3.8) is 0 Å². The third-order valence-corrected chi connectivity index (χ3v) is 23.8. The molecule has 10 aromatic carbocycles. The number of benzene rings is 10. The molecule has 0 N–H and O–H groups in total. The number of aryl methyl sites for hydroxylation is 2. The molecule has 0 radical (unpaired) electrons. The SMILES string of the molecule is Cc1ccc(P(=O)(c2ccc(C(F)(F)F)cc2)c2cccc(-c3cc(-c4cccc(P(=O)(c5ccc(C)cc5)c5ccc(C(F)(F)F)cc5)c4)cc(-c4cccc(P(=O)(c5ccc(C(F)(F)F)cc5)c5ccc(C(F)(F)F)cc5)c4)c3)c2)cc1. The minimum atomic E-state index is -4.78. The summed E-state index contributed by atoms with van der Waals surface area (Å²) < 4.78 is 214. The summed E-state index contributed by atoms with van der Waals surface area (Å²) in [4.78, 5) is 0. The van der Waals surface area contributed by atoms with Gasteiger partial charge in [0, 0.05) is 47.7 Å². The third-order valence-electron chi connectivity index (χ3n) is 14.6. The van der Waals surface area contributed by atoms with Crippen LogP contribution in [-0.2, 0) is 38.4 Å². The Morgan fingerprint density at radius 3 is 0.607 bits per heavy atom. The number of alkyl halides is 12. The molecule has 426 valence electrons. The maximum Gasteiger partial charge on any atom is 0.416 e. The van der Waals surface area contributed by atoms with Crippen molar-refractivity contribution in [3.05, 3.63) is 270 Å². The molecule has 0 saturated heterocycles. The van der Waals surface area contributed by atoms with Crippen molar-refractivity contribution in [3.8, 4) is 33.4 Å². The van der Waals surface area contributed by atoms with Gasteiger partial charge in [-0.25, -0.2) is 0 Å². The fourth-order valence-corrected chi connectivity index (χ4v) is 18.0. The molecule has 0 aliphatic rings. The molecule has 0 amide bonds. The second-order valence-electron chi connectivity index (χ2n) is 20.1. The van der Waals surface area contributed by atoms with Crippen LogP contribution >= 0.6 is 21.4 Å². The number of halogens is 12. The van der Waals surface area contributed by atoms with E-state index < -0.39 is 68.4 Å². The molecule has 0 spiro atoms. The standard InChI is InChI=1S/C66H45F12O3P3/c1-42-12-24-54(25-13-42)82(79,56-28-16-50(17-29-56)63(67,68)69)60-9-3-6-44(39-60)47-36-48(45-7-4-10-61(40-45)83(80,55-26-14-43(2)15-27-55)57-30-18-51(19-31-57)64(70,71)72)38-49(37-47)46-8-5-11-62(41-46)84(81,58-32-20-52(21-33-58)65(73,74)75)59-34-22-53(23-35-59)66(76,77)78/h3-41H,1-2H3. The normalized spacial score (nSPS) is 13.9. The highest BCUT2D eigenvalue weighted by Crippen LogP contribution is 2.48. The van der Waals surface area contributed by atoms with Gasteiger partial charge in [-0.3, -0.25) is 0 Å². The largest absolute Gasteiger partial charge is 0.416 e. The van der Waals surface area contributed by atoms with Crippen LogP contribution < -0.4 is 47.7 Å². The zero-order valence-electron chi connectivity index (χ0n) is 44.1. The Morgan fingerprint density at radius 1 is 0.226 bits per heavy atom. The van der Waals surface area contributed by atoms with Gasteiger partial charge in [0.25, 0.3) is 0 Å². The predicted octanol–water partition coefficient (Wildman–Crippen LogP) is 16.3. The Balaban J connectivity index is 1.19. The van der Waals surface area contributed by atoms with E-state index in [1.54, 1.807) is 121 Å². The molecule has 84 heavy (non-hydrogen) atoms. The lowest BCUT2D eigenvalue weighted by molar-refractivity contribution is -0.138. The van der Waals surface area contributed by atoms with Crippen molar-refractivity contribution in [1.82, 2.24) is 0 Å². The maximum absolute atomic E-state index is 15.9. The molecule has 0 heterocycles. The summed E-state index contributed by atoms with van der Waals surface area (Å²) in [6.07, 6.45) is -18.9. The number of hydrogen-bond acceptors (Lipinski definition) is 3. The molecule has 18 heteroatoms. The highest BCUT2D eigenvalue weighted by molar-refractivity contribution is 7.86. The summed E-state index contributed by atoms with van der Waals surface area (Å²) in [5, 5.41) is 1.14. The smallest absolute Gasteiger partial charge is 0.309 e. The Hall–Kier alpha value is -7.95. The van der Waals surface area contributed by atoms with Crippen molar-refractivity contribution in [1.29, 1.82) is 0 Å². The van der Waals surface area contributed by atoms with Gasteiger partial charge in [0.15, 0.2) is 21.4 Å². The van der Waals surface area contributed by atoms with E-state index in [1.807, 2.05) is 13.8 Å². The predicted molar refractivity (Wildman–Crippen MR) is 310 cm³/mol. The molecule has 0 bridgehead atoms. The molecule has 2 unspecified atom stereocenters. The maximum atomic E-state index is 15.9. The van der Waals surface area contributed by atoms with Crippen LogP contribution in [0.3, 0.4) is 0 Å². The van der Waals surface area contributed by atoms with Gasteiger partial charge in [0.1, 0.15) is 0 Å². The van der Waals surface area contributed by atoms with E-state index in [4.69, 9.17) is 0 Å². The topological polar surface area (TPSA) is 51.2 Å². The lowest BCUT2D eigenvalue weighted by Gasteiger charge is -2.23. The van der Waals surface area contributed by atoms with E-state index in [1.165, 1.54) is 42.5 Å². The summed E-state index contributed by atoms with van der Waals surface area (Å²) in [6, 6.07) is 53.3. The summed E-state index contributed by atoms with van der Waals surface area (Å²) in [5.74, 6) is 0. The van der Waals surface area contributed by atoms with Crippen molar-refractivity contribution < 1.29 is 66.4 Å². The van der Waals surface area contributed by atoms with Crippen LogP contribution in [0.4, 0.5) is 52.7 Å². The third kappa shape index (κ3) is 11.7. The first-order chi connectivity index (χ1) is 39.6. The quantitative estimate of drug-likeness (QED) is 0.0905. The van der Waals surface area contributed by atoms with Crippen molar-refractivity contribution in [2.24, 2.45) is 0 Å². The fourth-order valence-electron chi connectivity index (χ4n) is 10.1. The second-order valence-corrected chi connectivity index (χ2v) is 28.4. The van der Waals surface area contributed by atoms with E-state index in [0.717, 1.165) is 83.9 Å². The van der Waals surface area contributed by atoms with E-state index in [2.05, 4.69) is 0 Å². The molecule has 0 fully saturated rings. The summed E-state index contributed by atoms with van der Waals surface area (Å²) >= 11 is 0. The Morgan fingerprint density at radius 2 is 0.417 bits per heavy atom. The monoisotopic (exact) mass is 1210 g/mol. The van der Waals surface area contributed by atoms with Gasteiger partial charge in [-0.05, 0) is 132 Å². The molecule has 2 atom stereocenters. The highest BCUT2D eigenvalue weighted by atomic mass is 31.2. The average Bonchev–Trinajstić information content (AvgIpc) is 2.12. The fraction of sp³-hybridized carbons (Fsp3) is 0.0909. The molecule has 0 saturated carbocycles. The van der Waals surface area contributed by atoms with Gasteiger partial charge in [-0.1, -0.05) is 163 Å². The van der Waals surface area contributed by atoms with Crippen LogP contribution in [-0.4, -0.2) is 0 Å². The molecular formula is C66H45F12O3P3. The minimum absolute atomic E-state index is 0.0293. The van der Waals surface area contributed by atoms with E-state index >= 15 is 13.7 Å². The molecule has 10 rings (SSSR count). The summed E-state index contributed by atoms with van der Waals surface area (Å²) in [7, 11) is -12.3. The number of rotatable bonds is 12. The van der Waals surface area contributed by atoms with Gasteiger partial charge < -0.3 is 13.7 Å². The molecule has 10 aromatic rings. The Bertz CT molecular complexity index is 3970. The van der Waals surface area contributed by atoms with Crippen LogP contribution in [0, 0.1) is 13.8 Å². The second kappa shape index (κ2) is 22.2. The first-order valence-corrected chi connectivity index (χ1v) is 30.8. The Kier molecular flexibility index (Phi) is 15.7. The van der Waals surface area contributed by atoms with E-state index in [0.29, 0.717) is 44.0 Å². The van der Waals surface area contributed by atoms with Crippen molar-refractivity contribution in [2.75, 3.05) is 0 Å². The highest BCUT2D eigenvalue weighted by Gasteiger charge is 2.38. The van der Waals surface area contributed by atoms with Crippen LogP contribution in [0.1, 0.15) is 33.4 Å². The lowest BCUT2D eigenvalue weighted by Crippen LogP contribution is -2.26. The summed E-state index contributed by atoms with van der Waals surface area (Å²) in [6.45, 7) is 3.64. The van der Waals surface area contributed by atoms with Crippen LogP contribution in [0.5, 0.6) is 0 Å². The van der Waals surface area contributed by atoms with Crippen LogP contribution in [0.25, 0.3) is 33.4 Å².